The number of aryl methyl sites for hydroxylation is 1. The Labute approximate surface area is 158 Å². The van der Waals surface area contributed by atoms with Crippen molar-refractivity contribution in [2.24, 2.45) is 5.92 Å². The molecule has 1 atom stereocenters. The molecular weight excluding hydrogens is 348 g/mol. The number of nitrogens with zero attached hydrogens (tertiary/aromatic N) is 2. The molecule has 4 nitrogen and oxygen atoms in total. The molecule has 0 bridgehead atoms. The molecule has 2 aromatic carbocycles. The van der Waals surface area contributed by atoms with Crippen molar-refractivity contribution in [3.05, 3.63) is 58.6 Å². The summed E-state index contributed by atoms with van der Waals surface area (Å²) in [6.07, 6.45) is 2.21. The Hall–Kier alpha value is -2.33. The Morgan fingerprint density at radius 1 is 1.12 bits per heavy atom. The van der Waals surface area contributed by atoms with Crippen LogP contribution in [0.25, 0.3) is 0 Å². The lowest BCUT2D eigenvalue weighted by molar-refractivity contribution is -0.124. The molecule has 2 heterocycles. The molecule has 5 heteroatoms. The van der Waals surface area contributed by atoms with Gasteiger partial charge in [-0.15, -0.1) is 0 Å². The van der Waals surface area contributed by atoms with Crippen LogP contribution >= 0.6 is 11.6 Å². The molecule has 2 amide bonds. The zero-order chi connectivity index (χ0) is 18.3. The molecule has 1 unspecified atom stereocenters. The molecule has 2 aliphatic heterocycles. The zero-order valence-electron chi connectivity index (χ0n) is 14.7. The van der Waals surface area contributed by atoms with Crippen molar-refractivity contribution in [1.29, 1.82) is 0 Å². The van der Waals surface area contributed by atoms with Crippen LogP contribution in [0, 0.1) is 12.8 Å². The van der Waals surface area contributed by atoms with E-state index >= 15 is 0 Å². The van der Waals surface area contributed by atoms with E-state index in [4.69, 9.17) is 11.6 Å². The van der Waals surface area contributed by atoms with E-state index in [0.29, 0.717) is 11.6 Å². The van der Waals surface area contributed by atoms with Crippen LogP contribution in [-0.2, 0) is 16.0 Å². The van der Waals surface area contributed by atoms with Gasteiger partial charge in [0.15, 0.2) is 0 Å². The van der Waals surface area contributed by atoms with Crippen LogP contribution in [0.2, 0.25) is 5.02 Å². The molecule has 1 fully saturated rings. The number of rotatable bonds is 2. The summed E-state index contributed by atoms with van der Waals surface area (Å²) in [4.78, 5) is 29.3. The number of hydrogen-bond acceptors (Lipinski definition) is 2. The molecule has 0 N–H and O–H groups in total. The zero-order valence-corrected chi connectivity index (χ0v) is 15.5. The van der Waals surface area contributed by atoms with Gasteiger partial charge in [-0.3, -0.25) is 9.59 Å². The fraction of sp³-hybridized carbons (Fsp3) is 0.333. The van der Waals surface area contributed by atoms with E-state index in [9.17, 15) is 9.59 Å². The predicted octanol–water partition coefficient (Wildman–Crippen LogP) is 3.98. The number of fused-ring (bicyclic) bond motifs is 1. The van der Waals surface area contributed by atoms with Crippen molar-refractivity contribution in [3.63, 3.8) is 0 Å². The van der Waals surface area contributed by atoms with Crippen LogP contribution in [0.3, 0.4) is 0 Å². The van der Waals surface area contributed by atoms with Gasteiger partial charge in [-0.05, 0) is 49.1 Å². The summed E-state index contributed by atoms with van der Waals surface area (Å²) in [6.45, 7) is 3.04. The van der Waals surface area contributed by atoms with Gasteiger partial charge in [-0.2, -0.15) is 0 Å². The number of carbonyl (C=O) groups is 2. The Morgan fingerprint density at radius 3 is 2.73 bits per heavy atom. The van der Waals surface area contributed by atoms with E-state index in [0.717, 1.165) is 36.3 Å². The maximum Gasteiger partial charge on any atom is 0.232 e. The summed E-state index contributed by atoms with van der Waals surface area (Å²) in [5.41, 5.74) is 3.88. The number of para-hydroxylation sites is 1. The van der Waals surface area contributed by atoms with Gasteiger partial charge in [-0.25, -0.2) is 0 Å². The first-order valence-electron chi connectivity index (χ1n) is 9.01. The second-order valence-corrected chi connectivity index (χ2v) is 7.42. The van der Waals surface area contributed by atoms with Crippen LogP contribution in [0.5, 0.6) is 0 Å². The van der Waals surface area contributed by atoms with Gasteiger partial charge < -0.3 is 9.80 Å². The molecule has 0 radical (unpaired) electrons. The minimum absolute atomic E-state index is 0.0148. The lowest BCUT2D eigenvalue weighted by Crippen LogP contribution is -2.40. The molecule has 134 valence electrons. The standard InChI is InChI=1S/C21H21ClN2O2/c1-14-17(22)8-4-10-18(14)24-13-16(12-20(24)25)21(26)23-11-5-7-15-6-2-3-9-19(15)23/h2-4,6,8-10,16H,5,7,11-13H2,1H3. The predicted molar refractivity (Wildman–Crippen MR) is 104 cm³/mol. The summed E-state index contributed by atoms with van der Waals surface area (Å²) in [5.74, 6) is -0.279. The van der Waals surface area contributed by atoms with Crippen molar-refractivity contribution in [3.8, 4) is 0 Å². The third kappa shape index (κ3) is 2.88. The van der Waals surface area contributed by atoms with Crippen molar-refractivity contribution < 1.29 is 9.59 Å². The molecule has 0 aliphatic carbocycles. The maximum atomic E-state index is 13.2. The summed E-state index contributed by atoms with van der Waals surface area (Å²) in [7, 11) is 0. The lowest BCUT2D eigenvalue weighted by Gasteiger charge is -2.31. The maximum absolute atomic E-state index is 13.2. The fourth-order valence-electron chi connectivity index (χ4n) is 3.98. The Bertz CT molecular complexity index is 880. The highest BCUT2D eigenvalue weighted by Crippen LogP contribution is 2.34. The molecule has 2 aromatic rings. The van der Waals surface area contributed by atoms with E-state index in [1.807, 2.05) is 48.2 Å². The lowest BCUT2D eigenvalue weighted by atomic mass is 9.99. The minimum Gasteiger partial charge on any atom is -0.312 e. The molecule has 0 aromatic heterocycles. The van der Waals surface area contributed by atoms with Gasteiger partial charge in [0.1, 0.15) is 0 Å². The highest BCUT2D eigenvalue weighted by Gasteiger charge is 2.38. The molecule has 0 saturated carbocycles. The smallest absolute Gasteiger partial charge is 0.232 e. The summed E-state index contributed by atoms with van der Waals surface area (Å²) in [5, 5.41) is 0.634. The van der Waals surface area contributed by atoms with Crippen molar-refractivity contribution in [2.75, 3.05) is 22.9 Å². The van der Waals surface area contributed by atoms with Crippen LogP contribution in [0.4, 0.5) is 11.4 Å². The molecule has 2 aliphatic rings. The van der Waals surface area contributed by atoms with Gasteiger partial charge in [0.05, 0.1) is 5.92 Å². The molecule has 4 rings (SSSR count). The van der Waals surface area contributed by atoms with Crippen LogP contribution < -0.4 is 9.80 Å². The van der Waals surface area contributed by atoms with Gasteiger partial charge >= 0.3 is 0 Å². The van der Waals surface area contributed by atoms with Crippen molar-refractivity contribution >= 4 is 34.8 Å². The topological polar surface area (TPSA) is 40.6 Å². The first-order valence-corrected chi connectivity index (χ1v) is 9.39. The van der Waals surface area contributed by atoms with Crippen molar-refractivity contribution in [1.82, 2.24) is 0 Å². The second kappa shape index (κ2) is 6.76. The number of carbonyl (C=O) groups excluding carboxylic acids is 2. The monoisotopic (exact) mass is 368 g/mol. The number of halogens is 1. The highest BCUT2D eigenvalue weighted by molar-refractivity contribution is 6.31. The third-order valence-corrected chi connectivity index (χ3v) is 5.79. The van der Waals surface area contributed by atoms with E-state index in [1.165, 1.54) is 5.56 Å². The van der Waals surface area contributed by atoms with E-state index in [-0.39, 0.29) is 24.2 Å². The van der Waals surface area contributed by atoms with Gasteiger partial charge in [-0.1, -0.05) is 35.9 Å². The second-order valence-electron chi connectivity index (χ2n) is 7.01. The van der Waals surface area contributed by atoms with Crippen molar-refractivity contribution in [2.45, 2.75) is 26.2 Å². The number of amides is 2. The van der Waals surface area contributed by atoms with Gasteiger partial charge in [0.2, 0.25) is 11.8 Å². The fourth-order valence-corrected chi connectivity index (χ4v) is 4.15. The number of hydrogen-bond donors (Lipinski definition) is 0. The SMILES string of the molecule is Cc1c(Cl)cccc1N1CC(C(=O)N2CCCc3ccccc32)CC1=O. The van der Waals surface area contributed by atoms with E-state index in [1.54, 1.807) is 4.90 Å². The minimum atomic E-state index is -0.313. The van der Waals surface area contributed by atoms with E-state index in [2.05, 4.69) is 6.07 Å². The summed E-state index contributed by atoms with van der Waals surface area (Å²) in [6, 6.07) is 13.6. The van der Waals surface area contributed by atoms with Crippen LogP contribution in [0.1, 0.15) is 24.0 Å². The number of anilines is 2. The van der Waals surface area contributed by atoms with E-state index < -0.39 is 0 Å². The summed E-state index contributed by atoms with van der Waals surface area (Å²) < 4.78 is 0. The van der Waals surface area contributed by atoms with Crippen LogP contribution in [0.15, 0.2) is 42.5 Å². The molecule has 1 saturated heterocycles. The molecular formula is C21H21ClN2O2. The third-order valence-electron chi connectivity index (χ3n) is 5.38. The normalized spacial score (nSPS) is 19.6. The van der Waals surface area contributed by atoms with Crippen LogP contribution in [-0.4, -0.2) is 24.9 Å². The van der Waals surface area contributed by atoms with Gasteiger partial charge in [0.25, 0.3) is 0 Å². The average Bonchev–Trinajstić information content (AvgIpc) is 3.04. The number of benzene rings is 2. The first kappa shape index (κ1) is 17.1. The van der Waals surface area contributed by atoms with Gasteiger partial charge in [0, 0.05) is 35.9 Å². The first-order chi connectivity index (χ1) is 12.6. The molecule has 26 heavy (non-hydrogen) atoms. The Balaban J connectivity index is 1.58. The summed E-state index contributed by atoms with van der Waals surface area (Å²) >= 11 is 6.20. The highest BCUT2D eigenvalue weighted by atomic mass is 35.5. The quantitative estimate of drug-likeness (QED) is 0.804. The Morgan fingerprint density at radius 2 is 1.88 bits per heavy atom. The Kier molecular flexibility index (Phi) is 4.45. The average molecular weight is 369 g/mol. The largest absolute Gasteiger partial charge is 0.312 e. The molecule has 0 spiro atoms.